The maximum Gasteiger partial charge on any atom is 0.224 e. The van der Waals surface area contributed by atoms with Gasteiger partial charge in [0.25, 0.3) is 0 Å². The standard InChI is InChI=1S/C14H17ClFN3O/c1-8-4-11-10(5-9(8)16)18-12(6-15)19(11)7-14(2,3)13(17)20/h4-5H,6-7H2,1-3H3,(H2,17,20). The monoisotopic (exact) mass is 297 g/mol. The summed E-state index contributed by atoms with van der Waals surface area (Å²) in [6.07, 6.45) is 0. The first-order valence-corrected chi connectivity index (χ1v) is 6.81. The highest BCUT2D eigenvalue weighted by molar-refractivity contribution is 6.16. The van der Waals surface area contributed by atoms with Gasteiger partial charge in [0.1, 0.15) is 11.6 Å². The summed E-state index contributed by atoms with van der Waals surface area (Å²) >= 11 is 5.90. The Bertz CT molecular complexity index is 679. The van der Waals surface area contributed by atoms with E-state index in [1.54, 1.807) is 26.8 Å². The van der Waals surface area contributed by atoms with Crippen molar-refractivity contribution >= 4 is 28.5 Å². The maximum atomic E-state index is 13.6. The Hall–Kier alpha value is -1.62. The van der Waals surface area contributed by atoms with Gasteiger partial charge >= 0.3 is 0 Å². The van der Waals surface area contributed by atoms with E-state index in [4.69, 9.17) is 17.3 Å². The van der Waals surface area contributed by atoms with Crippen LogP contribution >= 0.6 is 11.6 Å². The average Bonchev–Trinajstić information content (AvgIpc) is 2.67. The number of amides is 1. The predicted molar refractivity (Wildman–Crippen MR) is 77.0 cm³/mol. The average molecular weight is 298 g/mol. The van der Waals surface area contributed by atoms with Crippen molar-refractivity contribution in [2.45, 2.75) is 33.2 Å². The fraction of sp³-hybridized carbons (Fsp3) is 0.429. The molecule has 0 fully saturated rings. The molecular formula is C14H17ClFN3O. The number of hydrogen-bond donors (Lipinski definition) is 1. The number of fused-ring (bicyclic) bond motifs is 1. The van der Waals surface area contributed by atoms with Gasteiger partial charge in [-0.1, -0.05) is 0 Å². The number of primary amides is 1. The lowest BCUT2D eigenvalue weighted by Crippen LogP contribution is -2.35. The minimum absolute atomic E-state index is 0.185. The number of halogens is 2. The Kier molecular flexibility index (Phi) is 3.73. The van der Waals surface area contributed by atoms with Gasteiger partial charge in [-0.3, -0.25) is 4.79 Å². The lowest BCUT2D eigenvalue weighted by Gasteiger charge is -2.22. The topological polar surface area (TPSA) is 60.9 Å². The van der Waals surface area contributed by atoms with Crippen LogP contribution in [0.5, 0.6) is 0 Å². The number of carbonyl (C=O) groups is 1. The zero-order chi connectivity index (χ0) is 15.1. The number of imidazole rings is 1. The highest BCUT2D eigenvalue weighted by Crippen LogP contribution is 2.26. The summed E-state index contributed by atoms with van der Waals surface area (Å²) in [5.74, 6) is 0.0709. The van der Waals surface area contributed by atoms with Gasteiger partial charge in [-0.15, -0.1) is 11.6 Å². The molecule has 0 saturated heterocycles. The molecule has 0 aliphatic heterocycles. The molecule has 0 bridgehead atoms. The van der Waals surface area contributed by atoms with Crippen LogP contribution in [0, 0.1) is 18.2 Å². The van der Waals surface area contributed by atoms with E-state index in [-0.39, 0.29) is 11.7 Å². The molecule has 2 rings (SSSR count). The number of rotatable bonds is 4. The van der Waals surface area contributed by atoms with E-state index in [0.29, 0.717) is 23.4 Å². The summed E-state index contributed by atoms with van der Waals surface area (Å²) in [5.41, 5.74) is 6.49. The van der Waals surface area contributed by atoms with Crippen molar-refractivity contribution < 1.29 is 9.18 Å². The third kappa shape index (κ3) is 2.50. The summed E-state index contributed by atoms with van der Waals surface area (Å²) in [4.78, 5) is 15.8. The van der Waals surface area contributed by atoms with Gasteiger partial charge in [0.15, 0.2) is 0 Å². The smallest absolute Gasteiger partial charge is 0.224 e. The number of aryl methyl sites for hydroxylation is 1. The van der Waals surface area contributed by atoms with Crippen LogP contribution in [0.2, 0.25) is 0 Å². The number of aromatic nitrogens is 2. The number of nitrogens with two attached hydrogens (primary N) is 1. The molecule has 0 unspecified atom stereocenters. The molecule has 0 aliphatic rings. The van der Waals surface area contributed by atoms with Crippen LogP contribution in [0.4, 0.5) is 4.39 Å². The van der Waals surface area contributed by atoms with Gasteiger partial charge in [0.2, 0.25) is 5.91 Å². The Morgan fingerprint density at radius 3 is 2.70 bits per heavy atom. The van der Waals surface area contributed by atoms with Gasteiger partial charge in [-0.05, 0) is 32.4 Å². The molecule has 1 heterocycles. The summed E-state index contributed by atoms with van der Waals surface area (Å²) in [6, 6.07) is 3.10. The molecule has 0 radical (unpaired) electrons. The van der Waals surface area contributed by atoms with Crippen LogP contribution in [0.1, 0.15) is 25.2 Å². The minimum atomic E-state index is -0.739. The minimum Gasteiger partial charge on any atom is -0.369 e. The Labute approximate surface area is 121 Å². The molecule has 2 N–H and O–H groups in total. The maximum absolute atomic E-state index is 13.6. The fourth-order valence-corrected chi connectivity index (χ4v) is 2.26. The van der Waals surface area contributed by atoms with Crippen molar-refractivity contribution in [3.05, 3.63) is 29.3 Å². The Balaban J connectivity index is 2.61. The van der Waals surface area contributed by atoms with Crippen LogP contribution in [-0.4, -0.2) is 15.5 Å². The summed E-state index contributed by atoms with van der Waals surface area (Å²) in [6.45, 7) is 5.56. The van der Waals surface area contributed by atoms with E-state index in [1.807, 2.05) is 4.57 Å². The molecule has 0 saturated carbocycles. The second kappa shape index (κ2) is 5.05. The van der Waals surface area contributed by atoms with Gasteiger partial charge < -0.3 is 10.3 Å². The van der Waals surface area contributed by atoms with Crippen molar-refractivity contribution in [2.24, 2.45) is 11.1 Å². The largest absolute Gasteiger partial charge is 0.369 e. The highest BCUT2D eigenvalue weighted by Gasteiger charge is 2.27. The number of alkyl halides is 1. The van der Waals surface area contributed by atoms with E-state index in [2.05, 4.69) is 4.98 Å². The number of hydrogen-bond acceptors (Lipinski definition) is 2. The van der Waals surface area contributed by atoms with Gasteiger partial charge in [0.05, 0.1) is 22.3 Å². The number of benzene rings is 1. The van der Waals surface area contributed by atoms with Crippen molar-refractivity contribution in [3.63, 3.8) is 0 Å². The van der Waals surface area contributed by atoms with Crippen LogP contribution in [0.25, 0.3) is 11.0 Å². The number of carbonyl (C=O) groups excluding carboxylic acids is 1. The number of nitrogens with zero attached hydrogens (tertiary/aromatic N) is 2. The molecule has 108 valence electrons. The molecule has 1 aromatic heterocycles. The van der Waals surface area contributed by atoms with Crippen LogP contribution in [0.15, 0.2) is 12.1 Å². The summed E-state index contributed by atoms with van der Waals surface area (Å²) in [5, 5.41) is 0. The zero-order valence-electron chi connectivity index (χ0n) is 11.7. The van der Waals surface area contributed by atoms with Gasteiger partial charge in [0, 0.05) is 12.6 Å². The van der Waals surface area contributed by atoms with E-state index in [0.717, 1.165) is 5.52 Å². The molecule has 0 atom stereocenters. The SMILES string of the molecule is Cc1cc2c(cc1F)nc(CCl)n2CC(C)(C)C(N)=O. The molecule has 20 heavy (non-hydrogen) atoms. The molecule has 6 heteroatoms. The van der Waals surface area contributed by atoms with Crippen molar-refractivity contribution in [3.8, 4) is 0 Å². The molecule has 0 spiro atoms. The molecule has 0 aliphatic carbocycles. The van der Waals surface area contributed by atoms with Crippen LogP contribution in [-0.2, 0) is 17.2 Å². The summed E-state index contributed by atoms with van der Waals surface area (Å²) in [7, 11) is 0. The van der Waals surface area contributed by atoms with Crippen LogP contribution < -0.4 is 5.73 Å². The highest BCUT2D eigenvalue weighted by atomic mass is 35.5. The fourth-order valence-electron chi connectivity index (χ4n) is 2.05. The first-order chi connectivity index (χ1) is 9.26. The second-order valence-corrected chi connectivity index (χ2v) is 5.85. The normalized spacial score (nSPS) is 12.1. The van der Waals surface area contributed by atoms with Gasteiger partial charge in [-0.2, -0.15) is 0 Å². The van der Waals surface area contributed by atoms with Crippen molar-refractivity contribution in [1.29, 1.82) is 0 Å². The van der Waals surface area contributed by atoms with Crippen molar-refractivity contribution in [1.82, 2.24) is 9.55 Å². The Morgan fingerprint density at radius 2 is 2.15 bits per heavy atom. The quantitative estimate of drug-likeness (QED) is 0.882. The lowest BCUT2D eigenvalue weighted by molar-refractivity contribution is -0.126. The molecule has 1 aromatic carbocycles. The zero-order valence-corrected chi connectivity index (χ0v) is 12.5. The van der Waals surface area contributed by atoms with Gasteiger partial charge in [-0.25, -0.2) is 9.37 Å². The first kappa shape index (κ1) is 14.8. The van der Waals surface area contributed by atoms with Crippen LogP contribution in [0.3, 0.4) is 0 Å². The molecule has 4 nitrogen and oxygen atoms in total. The van der Waals surface area contributed by atoms with Crippen molar-refractivity contribution in [2.75, 3.05) is 0 Å². The van der Waals surface area contributed by atoms with E-state index in [1.165, 1.54) is 6.07 Å². The predicted octanol–water partition coefficient (Wildman–Crippen LogP) is 2.73. The molecule has 2 aromatic rings. The Morgan fingerprint density at radius 1 is 1.50 bits per heavy atom. The lowest BCUT2D eigenvalue weighted by atomic mass is 9.92. The third-order valence-electron chi connectivity index (χ3n) is 3.45. The second-order valence-electron chi connectivity index (χ2n) is 5.59. The molecular weight excluding hydrogens is 281 g/mol. The molecule has 1 amide bonds. The third-order valence-corrected chi connectivity index (χ3v) is 3.69. The van der Waals surface area contributed by atoms with E-state index < -0.39 is 11.3 Å². The van der Waals surface area contributed by atoms with E-state index in [9.17, 15) is 9.18 Å². The van der Waals surface area contributed by atoms with E-state index >= 15 is 0 Å². The first-order valence-electron chi connectivity index (χ1n) is 6.27. The summed E-state index contributed by atoms with van der Waals surface area (Å²) < 4.78 is 15.4.